The van der Waals surface area contributed by atoms with Gasteiger partial charge in [0.05, 0.1) is 8.07 Å². The van der Waals surface area contributed by atoms with E-state index in [2.05, 4.69) is 20.8 Å². The molecule has 0 aliphatic rings. The fourth-order valence-electron chi connectivity index (χ4n) is 3.76. The van der Waals surface area contributed by atoms with Crippen molar-refractivity contribution in [1.29, 1.82) is 0 Å². The maximum atomic E-state index is 5.57. The maximum Gasteiger partial charge on any atom is 0.0535 e. The van der Waals surface area contributed by atoms with Crippen LogP contribution in [-0.4, -0.2) is 14.6 Å². The number of hydrogen-bond donors (Lipinski definition) is 1. The van der Waals surface area contributed by atoms with Gasteiger partial charge in [0.15, 0.2) is 0 Å². The zero-order chi connectivity index (χ0) is 16.5. The lowest BCUT2D eigenvalue weighted by Crippen LogP contribution is -2.33. The molecule has 0 bridgehead atoms. The minimum Gasteiger partial charge on any atom is -0.330 e. The summed E-state index contributed by atoms with van der Waals surface area (Å²) in [6.07, 6.45) is 17.1. The first kappa shape index (κ1) is 22.2. The van der Waals surface area contributed by atoms with E-state index < -0.39 is 8.07 Å². The number of unbranched alkanes of at least 4 members (excludes halogenated alkanes) is 8. The lowest BCUT2D eigenvalue weighted by atomic mass is 10.1. The Morgan fingerprint density at radius 2 is 0.864 bits per heavy atom. The quantitative estimate of drug-likeness (QED) is 0.223. The van der Waals surface area contributed by atoms with Crippen LogP contribution < -0.4 is 5.73 Å². The first-order valence-electron chi connectivity index (χ1n) is 10.4. The van der Waals surface area contributed by atoms with Crippen molar-refractivity contribution in [3.8, 4) is 0 Å². The second kappa shape index (κ2) is 16.0. The molecule has 0 radical (unpaired) electrons. The summed E-state index contributed by atoms with van der Waals surface area (Å²) in [5.74, 6) is 0. The first-order valence-corrected chi connectivity index (χ1v) is 13.3. The number of rotatable bonds is 17. The lowest BCUT2D eigenvalue weighted by Gasteiger charge is -2.32. The van der Waals surface area contributed by atoms with Gasteiger partial charge in [0.2, 0.25) is 0 Å². The predicted molar refractivity (Wildman–Crippen MR) is 106 cm³/mol. The van der Waals surface area contributed by atoms with E-state index in [1.165, 1.54) is 77.0 Å². The molecule has 134 valence electrons. The summed E-state index contributed by atoms with van der Waals surface area (Å²) < 4.78 is 0. The highest BCUT2D eigenvalue weighted by molar-refractivity contribution is 6.79. The fourth-order valence-corrected chi connectivity index (χ4v) is 9.57. The normalized spacial score (nSPS) is 12.0. The van der Waals surface area contributed by atoms with Crippen molar-refractivity contribution in [1.82, 2.24) is 0 Å². The van der Waals surface area contributed by atoms with Gasteiger partial charge >= 0.3 is 0 Å². The Bertz CT molecular complexity index is 196. The average Bonchev–Trinajstić information content (AvgIpc) is 2.55. The van der Waals surface area contributed by atoms with Gasteiger partial charge in [-0.15, -0.1) is 0 Å². The summed E-state index contributed by atoms with van der Waals surface area (Å²) in [4.78, 5) is 0. The second-order valence-corrected chi connectivity index (χ2v) is 12.5. The molecule has 0 atom stereocenters. The van der Waals surface area contributed by atoms with Crippen molar-refractivity contribution >= 4 is 8.07 Å². The van der Waals surface area contributed by atoms with Crippen LogP contribution in [0.25, 0.3) is 0 Å². The average molecular weight is 328 g/mol. The number of hydrogen-bond acceptors (Lipinski definition) is 1. The van der Waals surface area contributed by atoms with Gasteiger partial charge in [0.25, 0.3) is 0 Å². The molecule has 2 N–H and O–H groups in total. The smallest absolute Gasteiger partial charge is 0.0535 e. The summed E-state index contributed by atoms with van der Waals surface area (Å²) in [6.45, 7) is 7.99. The highest BCUT2D eigenvalue weighted by atomic mass is 28.3. The van der Waals surface area contributed by atoms with E-state index >= 15 is 0 Å². The zero-order valence-corrected chi connectivity index (χ0v) is 17.1. The lowest BCUT2D eigenvalue weighted by molar-refractivity contribution is 0.607. The molecule has 0 fully saturated rings. The molecule has 0 aromatic rings. The largest absolute Gasteiger partial charge is 0.330 e. The molecule has 2 heteroatoms. The third kappa shape index (κ3) is 11.7. The molecule has 0 saturated heterocycles. The van der Waals surface area contributed by atoms with Gasteiger partial charge in [0.1, 0.15) is 0 Å². The Balaban J connectivity index is 4.21. The van der Waals surface area contributed by atoms with Crippen molar-refractivity contribution in [3.63, 3.8) is 0 Å². The van der Waals surface area contributed by atoms with Gasteiger partial charge in [-0.2, -0.15) is 0 Å². The van der Waals surface area contributed by atoms with Gasteiger partial charge in [-0.1, -0.05) is 116 Å². The summed E-state index contributed by atoms with van der Waals surface area (Å²) >= 11 is 0. The highest BCUT2D eigenvalue weighted by Crippen LogP contribution is 2.34. The highest BCUT2D eigenvalue weighted by Gasteiger charge is 2.29. The van der Waals surface area contributed by atoms with E-state index in [4.69, 9.17) is 5.73 Å². The minimum atomic E-state index is -0.954. The molecule has 0 aliphatic heterocycles. The van der Waals surface area contributed by atoms with Crippen LogP contribution in [0.4, 0.5) is 0 Å². The Morgan fingerprint density at radius 3 is 1.27 bits per heavy atom. The zero-order valence-electron chi connectivity index (χ0n) is 16.1. The van der Waals surface area contributed by atoms with E-state index in [0.29, 0.717) is 0 Å². The summed E-state index contributed by atoms with van der Waals surface area (Å²) in [5, 5.41) is 0. The molecule has 0 unspecified atom stereocenters. The molecule has 0 rings (SSSR count). The van der Waals surface area contributed by atoms with E-state index in [-0.39, 0.29) is 0 Å². The van der Waals surface area contributed by atoms with Crippen LogP contribution in [0, 0.1) is 0 Å². The van der Waals surface area contributed by atoms with E-state index in [0.717, 1.165) is 6.54 Å². The summed E-state index contributed by atoms with van der Waals surface area (Å²) in [7, 11) is -0.954. The van der Waals surface area contributed by atoms with Crippen LogP contribution in [0.1, 0.15) is 97.8 Å². The summed E-state index contributed by atoms with van der Waals surface area (Å²) in [6, 6.07) is 6.49. The molecule has 0 aromatic heterocycles. The van der Waals surface area contributed by atoms with Crippen molar-refractivity contribution < 1.29 is 0 Å². The van der Waals surface area contributed by atoms with Crippen LogP contribution in [-0.2, 0) is 0 Å². The van der Waals surface area contributed by atoms with Crippen molar-refractivity contribution in [2.45, 2.75) is 122 Å². The first-order chi connectivity index (χ1) is 10.7. The molecule has 0 heterocycles. The van der Waals surface area contributed by atoms with E-state index in [1.54, 1.807) is 24.2 Å². The predicted octanol–water partition coefficient (Wildman–Crippen LogP) is 7.13. The van der Waals surface area contributed by atoms with Crippen molar-refractivity contribution in [2.75, 3.05) is 6.54 Å². The fraction of sp³-hybridized carbons (Fsp3) is 1.00. The SMILES string of the molecule is CCCC[Si](CCCC)(CCCC)CCCCCCCCN. The molecule has 1 nitrogen and oxygen atoms in total. The van der Waals surface area contributed by atoms with Gasteiger partial charge in [0, 0.05) is 0 Å². The third-order valence-electron chi connectivity index (χ3n) is 5.34. The van der Waals surface area contributed by atoms with Crippen molar-refractivity contribution in [3.05, 3.63) is 0 Å². The number of nitrogens with two attached hydrogens (primary N) is 1. The van der Waals surface area contributed by atoms with Crippen LogP contribution in [0.15, 0.2) is 0 Å². The third-order valence-corrected chi connectivity index (χ3v) is 11.0. The van der Waals surface area contributed by atoms with Crippen LogP contribution in [0.2, 0.25) is 24.2 Å². The van der Waals surface area contributed by atoms with E-state index in [1.807, 2.05) is 0 Å². The second-order valence-electron chi connectivity index (χ2n) is 7.47. The maximum absolute atomic E-state index is 5.57. The standard InChI is InChI=1S/C20H45NSi/c1-4-7-17-22(18-8-5-2,19-9-6-3)20-15-13-11-10-12-14-16-21/h4-21H2,1-3H3. The minimum absolute atomic E-state index is 0.876. The van der Waals surface area contributed by atoms with Gasteiger partial charge < -0.3 is 5.73 Å². The van der Waals surface area contributed by atoms with Crippen LogP contribution >= 0.6 is 0 Å². The van der Waals surface area contributed by atoms with Crippen LogP contribution in [0.5, 0.6) is 0 Å². The molecule has 0 aliphatic carbocycles. The van der Waals surface area contributed by atoms with Crippen LogP contribution in [0.3, 0.4) is 0 Å². The summed E-state index contributed by atoms with van der Waals surface area (Å²) in [5.41, 5.74) is 5.57. The molecule has 0 spiro atoms. The Morgan fingerprint density at radius 1 is 0.500 bits per heavy atom. The molecule has 0 saturated carbocycles. The molecular weight excluding hydrogens is 282 g/mol. The van der Waals surface area contributed by atoms with Crippen molar-refractivity contribution in [2.24, 2.45) is 5.73 Å². The molecule has 0 amide bonds. The Kier molecular flexibility index (Phi) is 16.2. The Hall–Kier alpha value is 0.177. The molecule has 22 heavy (non-hydrogen) atoms. The van der Waals surface area contributed by atoms with Gasteiger partial charge in [-0.25, -0.2) is 0 Å². The molecule has 0 aromatic carbocycles. The monoisotopic (exact) mass is 327 g/mol. The molecular formula is C20H45NSi. The van der Waals surface area contributed by atoms with E-state index in [9.17, 15) is 0 Å². The van der Waals surface area contributed by atoms with Gasteiger partial charge in [-0.05, 0) is 13.0 Å². The topological polar surface area (TPSA) is 26.0 Å². The van der Waals surface area contributed by atoms with Gasteiger partial charge in [-0.3, -0.25) is 0 Å². The Labute approximate surface area is 142 Å².